The molecule has 7 rings (SSSR count). The van der Waals surface area contributed by atoms with Gasteiger partial charge in [0.2, 0.25) is 17.2 Å². The van der Waals surface area contributed by atoms with Crippen molar-refractivity contribution < 1.29 is 63.1 Å². The number of fused-ring (bicyclic) bond motifs is 7. The second kappa shape index (κ2) is 9.67. The van der Waals surface area contributed by atoms with Crippen LogP contribution >= 0.6 is 11.6 Å². The minimum absolute atomic E-state index is 0.0485. The van der Waals surface area contributed by atoms with Gasteiger partial charge in [0.1, 0.15) is 32.0 Å². The highest BCUT2D eigenvalue weighted by atomic mass is 35.5. The quantitative estimate of drug-likeness (QED) is 0.183. The third-order valence-electron chi connectivity index (χ3n) is 8.01. The third-order valence-corrected chi connectivity index (χ3v) is 11.5. The van der Waals surface area contributed by atoms with Gasteiger partial charge in [0, 0.05) is 33.9 Å². The molecule has 0 bridgehead atoms. The molecule has 0 fully saturated rings. The molecular weight excluding hydrogens is 704 g/mol. The molecule has 238 valence electrons. The summed E-state index contributed by atoms with van der Waals surface area (Å²) in [6.45, 7) is 0. The molecule has 0 amide bonds. The van der Waals surface area contributed by atoms with E-state index in [1.165, 1.54) is 30.4 Å². The number of benzene rings is 3. The summed E-state index contributed by atoms with van der Waals surface area (Å²) in [5.74, 6) is -3.65. The van der Waals surface area contributed by atoms with Gasteiger partial charge in [-0.1, -0.05) is 35.9 Å². The predicted octanol–water partition coefficient (Wildman–Crippen LogP) is 0.748. The summed E-state index contributed by atoms with van der Waals surface area (Å²) in [5.41, 5.74) is -3.06. The van der Waals surface area contributed by atoms with E-state index < -0.39 is 101 Å². The third kappa shape index (κ3) is 4.27. The molecule has 1 atom stereocenters. The van der Waals surface area contributed by atoms with Gasteiger partial charge in [-0.25, -0.2) is 4.99 Å². The molecule has 19 heteroatoms. The van der Waals surface area contributed by atoms with Crippen molar-refractivity contribution in [1.82, 2.24) is 0 Å². The lowest BCUT2D eigenvalue weighted by molar-refractivity contribution is -0.355. The molecule has 1 aliphatic heterocycles. The van der Waals surface area contributed by atoms with Gasteiger partial charge in [0.05, 0.1) is 16.1 Å². The summed E-state index contributed by atoms with van der Waals surface area (Å²) in [7, 11) is -17.8. The standard InChI is InChI=1S/C28H13ClN2O13S3/c29-19-17-18(26(45(36,37)38)28(47(42,43)44)27(19)46(39,40)41)25(35)16-12(24(17)34)6-8-14-21(16)31-13-7-5-11-15(20(13)30-14)23(33)10-4-2-1-3-9(10)22(11)32/h1-8,20,30H,(H,36,37,38)(H,39,40,41)(H,42,43,44)/p+1. The summed E-state index contributed by atoms with van der Waals surface area (Å²) in [6, 6.07) is 7.58. The predicted molar refractivity (Wildman–Crippen MR) is 159 cm³/mol. The van der Waals surface area contributed by atoms with Crippen LogP contribution in [0.3, 0.4) is 0 Å². The highest BCUT2D eigenvalue weighted by Gasteiger charge is 2.49. The zero-order chi connectivity index (χ0) is 34.1. The molecule has 3 aliphatic carbocycles. The number of anilines is 1. The van der Waals surface area contributed by atoms with E-state index in [1.807, 2.05) is 0 Å². The van der Waals surface area contributed by atoms with E-state index in [0.717, 1.165) is 6.07 Å². The van der Waals surface area contributed by atoms with Crippen molar-refractivity contribution in [2.45, 2.75) is 20.7 Å². The van der Waals surface area contributed by atoms with E-state index >= 15 is 0 Å². The molecule has 4 aliphatic rings. The summed E-state index contributed by atoms with van der Waals surface area (Å²) < 4.78 is 104. The summed E-state index contributed by atoms with van der Waals surface area (Å²) in [6.07, 6.45) is 2.80. The van der Waals surface area contributed by atoms with Gasteiger partial charge >= 0.3 is 0 Å². The maximum atomic E-state index is 14.1. The lowest BCUT2D eigenvalue weighted by Crippen LogP contribution is -2.74. The first-order chi connectivity index (χ1) is 21.8. The Morgan fingerprint density at radius 1 is 0.638 bits per heavy atom. The van der Waals surface area contributed by atoms with Gasteiger partial charge < -0.3 is 5.32 Å². The average Bonchev–Trinajstić information content (AvgIpc) is 2.98. The van der Waals surface area contributed by atoms with Gasteiger partial charge in [-0.15, -0.1) is 0 Å². The number of hydrogen-bond donors (Lipinski definition) is 5. The number of carbonyl (C=O) groups excluding carboxylic acids is 4. The van der Waals surface area contributed by atoms with Gasteiger partial charge in [-0.3, -0.25) is 32.8 Å². The molecule has 5 N–H and O–H groups in total. The van der Waals surface area contributed by atoms with Crippen LogP contribution in [0.15, 0.2) is 74.4 Å². The van der Waals surface area contributed by atoms with Crippen LogP contribution in [-0.4, -0.2) is 73.8 Å². The molecule has 0 saturated carbocycles. The van der Waals surface area contributed by atoms with E-state index in [2.05, 4.69) is 10.3 Å². The van der Waals surface area contributed by atoms with Crippen molar-refractivity contribution in [2.24, 2.45) is 0 Å². The minimum Gasteiger partial charge on any atom is -0.364 e. The molecule has 0 radical (unpaired) electrons. The Morgan fingerprint density at radius 2 is 1.23 bits per heavy atom. The van der Waals surface area contributed by atoms with Crippen LogP contribution in [0, 0.1) is 0 Å². The Labute approximate surface area is 268 Å². The van der Waals surface area contributed by atoms with Crippen LogP contribution in [-0.2, 0) is 30.4 Å². The molecule has 47 heavy (non-hydrogen) atoms. The lowest BCUT2D eigenvalue weighted by Gasteiger charge is -2.31. The molecule has 1 unspecified atom stereocenters. The number of nitrogens with one attached hydrogen (secondary N) is 2. The van der Waals surface area contributed by atoms with Crippen molar-refractivity contribution in [3.8, 4) is 0 Å². The van der Waals surface area contributed by atoms with Crippen molar-refractivity contribution >= 4 is 82.2 Å². The Hall–Kier alpha value is -4.69. The van der Waals surface area contributed by atoms with Gasteiger partial charge in [-0.2, -0.15) is 25.3 Å². The molecule has 1 heterocycles. The molecule has 0 spiro atoms. The normalized spacial score (nSPS) is 18.4. The van der Waals surface area contributed by atoms with Crippen LogP contribution in [0.4, 0.5) is 11.4 Å². The Bertz CT molecular complexity index is 2600. The van der Waals surface area contributed by atoms with Gasteiger partial charge in [-0.05, 0) is 18.2 Å². The summed E-state index contributed by atoms with van der Waals surface area (Å²) in [5, 5.41) is 1.61. The van der Waals surface area contributed by atoms with E-state index in [4.69, 9.17) is 11.6 Å². The number of Topliss-reactive ketones (excluding diaryl/α,β-unsaturated/α-hetero) is 2. The highest BCUT2D eigenvalue weighted by Crippen LogP contribution is 2.46. The molecule has 3 aromatic rings. The number of rotatable bonds is 3. The number of halogens is 1. The molecule has 0 saturated heterocycles. The molecule has 0 aromatic heterocycles. The summed E-state index contributed by atoms with van der Waals surface area (Å²) in [4.78, 5) is 51.5. The highest BCUT2D eigenvalue weighted by molar-refractivity contribution is 7.90. The van der Waals surface area contributed by atoms with Crippen LogP contribution in [0.5, 0.6) is 0 Å². The fourth-order valence-corrected chi connectivity index (χ4v) is 10.3. The summed E-state index contributed by atoms with van der Waals surface area (Å²) >= 11 is 6.06. The number of hydrogen-bond acceptors (Lipinski definition) is 11. The largest absolute Gasteiger partial charge is 0.364 e. The Morgan fingerprint density at radius 3 is 1.83 bits per heavy atom. The van der Waals surface area contributed by atoms with E-state index in [9.17, 15) is 58.1 Å². The molecule has 15 nitrogen and oxygen atoms in total. The van der Waals surface area contributed by atoms with E-state index in [-0.39, 0.29) is 39.4 Å². The van der Waals surface area contributed by atoms with Crippen molar-refractivity contribution in [2.75, 3.05) is 5.32 Å². The Kier molecular flexibility index (Phi) is 6.37. The second-order valence-corrected chi connectivity index (χ2v) is 15.0. The van der Waals surface area contributed by atoms with Crippen LogP contribution in [0.2, 0.25) is 5.02 Å². The molecular formula is C28H14ClN2O13S3+. The van der Waals surface area contributed by atoms with Crippen molar-refractivity contribution in [1.29, 1.82) is 0 Å². The SMILES string of the molecule is O=C1C2=C(C(=O)c3ccccc31)C1Nc3ccc4c(c3[NH+]=C1C=C2)C(=O)c1c(c(Cl)c(S(=O)(=O)O)c(S(=O)(=O)O)c1S(=O)(=O)O)C4=O. The van der Waals surface area contributed by atoms with Gasteiger partial charge in [0.15, 0.2) is 17.3 Å². The van der Waals surface area contributed by atoms with E-state index in [1.54, 1.807) is 12.1 Å². The first-order valence-corrected chi connectivity index (χ1v) is 17.6. The van der Waals surface area contributed by atoms with E-state index in [0.29, 0.717) is 0 Å². The first kappa shape index (κ1) is 30.9. The zero-order valence-corrected chi connectivity index (χ0v) is 25.9. The van der Waals surface area contributed by atoms with Crippen LogP contribution in [0.25, 0.3) is 0 Å². The van der Waals surface area contributed by atoms with Crippen LogP contribution in [0.1, 0.15) is 52.6 Å². The second-order valence-electron chi connectivity index (χ2n) is 10.6. The fourth-order valence-electron chi connectivity index (χ4n) is 6.19. The fraction of sp³-hybridized carbons (Fsp3) is 0.0357. The average molecular weight is 718 g/mol. The number of carbonyl (C=O) groups is 4. The zero-order valence-electron chi connectivity index (χ0n) is 22.7. The monoisotopic (exact) mass is 717 g/mol. The maximum Gasteiger partial charge on any atom is 0.297 e. The van der Waals surface area contributed by atoms with Crippen molar-refractivity contribution in [3.05, 3.63) is 98.1 Å². The minimum atomic E-state index is -6.01. The molecule has 3 aromatic carbocycles. The van der Waals surface area contributed by atoms with Crippen LogP contribution < -0.4 is 10.3 Å². The van der Waals surface area contributed by atoms with Gasteiger partial charge in [0.25, 0.3) is 30.4 Å². The number of ketones is 4. The number of allylic oxidation sites excluding steroid dienone is 2. The lowest BCUT2D eigenvalue weighted by atomic mass is 9.76. The first-order valence-electron chi connectivity index (χ1n) is 12.9. The van der Waals surface area contributed by atoms with Crippen molar-refractivity contribution in [3.63, 3.8) is 0 Å². The maximum absolute atomic E-state index is 14.1. The topological polar surface area (TPSA) is 257 Å². The smallest absolute Gasteiger partial charge is 0.297 e. The Balaban J connectivity index is 1.48.